The van der Waals surface area contributed by atoms with Crippen LogP contribution in [0.25, 0.3) is 21.7 Å². The van der Waals surface area contributed by atoms with Gasteiger partial charge in [0.1, 0.15) is 5.69 Å². The number of benzene rings is 2. The molecule has 1 aliphatic carbocycles. The summed E-state index contributed by atoms with van der Waals surface area (Å²) in [5.74, 6) is -0.0710. The van der Waals surface area contributed by atoms with Crippen molar-refractivity contribution in [1.82, 2.24) is 9.47 Å². The van der Waals surface area contributed by atoms with E-state index in [-0.39, 0.29) is 11.4 Å². The number of fused-ring (bicyclic) bond motifs is 4. The number of hydrogen-bond acceptors (Lipinski definition) is 2. The van der Waals surface area contributed by atoms with Crippen molar-refractivity contribution >= 4 is 17.9 Å². The molecule has 5 heteroatoms. The smallest absolute Gasteiger partial charge is 0.271 e. The molecule has 0 unspecified atom stereocenters. The Labute approximate surface area is 162 Å². The van der Waals surface area contributed by atoms with E-state index in [1.165, 1.54) is 0 Å². The molecule has 1 spiro atoms. The van der Waals surface area contributed by atoms with Gasteiger partial charge in [0.2, 0.25) is 0 Å². The first-order valence-electron chi connectivity index (χ1n) is 9.16. The van der Waals surface area contributed by atoms with Gasteiger partial charge in [0, 0.05) is 24.4 Å². The summed E-state index contributed by atoms with van der Waals surface area (Å²) in [6.07, 6.45) is 4.36. The minimum absolute atomic E-state index is 0.0710. The number of carbonyl (C=O) groups excluding carboxylic acids is 2. The highest BCUT2D eigenvalue weighted by Crippen LogP contribution is 2.54. The van der Waals surface area contributed by atoms with Crippen LogP contribution in [0.1, 0.15) is 39.3 Å². The Kier molecular flexibility index (Phi) is 3.35. The second-order valence-electron chi connectivity index (χ2n) is 7.44. The number of amides is 1. The highest BCUT2D eigenvalue weighted by atomic mass is 16.2. The lowest BCUT2D eigenvalue weighted by Crippen LogP contribution is -2.36. The monoisotopic (exact) mass is 367 g/mol. The summed E-state index contributed by atoms with van der Waals surface area (Å²) in [6.45, 7) is 7.25. The third-order valence-corrected chi connectivity index (χ3v) is 5.93. The van der Waals surface area contributed by atoms with Crippen LogP contribution >= 0.6 is 0 Å². The Morgan fingerprint density at radius 2 is 1.89 bits per heavy atom. The van der Waals surface area contributed by atoms with E-state index < -0.39 is 0 Å². The third-order valence-electron chi connectivity index (χ3n) is 5.93. The highest BCUT2D eigenvalue weighted by molar-refractivity contribution is 5.97. The first-order valence-corrected chi connectivity index (χ1v) is 9.16. The van der Waals surface area contributed by atoms with E-state index >= 15 is 0 Å². The number of hydrogen-bond donors (Lipinski definition) is 0. The molecule has 28 heavy (non-hydrogen) atoms. The zero-order chi connectivity index (χ0) is 19.5. The molecule has 2 aromatic carbocycles. The van der Waals surface area contributed by atoms with E-state index in [0.29, 0.717) is 16.9 Å². The van der Waals surface area contributed by atoms with Crippen LogP contribution in [-0.2, 0) is 5.54 Å². The SMILES string of the molecule is [C-]#[N+]c1cccc(-c2ccc3c(c2)-n2cc(C=O)cc2C(=O)N(C)C32CC2)c1. The van der Waals surface area contributed by atoms with Crippen molar-refractivity contribution in [3.63, 3.8) is 0 Å². The van der Waals surface area contributed by atoms with Crippen LogP contribution < -0.4 is 0 Å². The van der Waals surface area contributed by atoms with Gasteiger partial charge in [0.05, 0.1) is 17.8 Å². The first kappa shape index (κ1) is 16.5. The van der Waals surface area contributed by atoms with Crippen molar-refractivity contribution < 1.29 is 9.59 Å². The number of aldehydes is 1. The molecule has 1 amide bonds. The first-order chi connectivity index (χ1) is 13.6. The van der Waals surface area contributed by atoms with Gasteiger partial charge < -0.3 is 9.47 Å². The molecule has 5 rings (SSSR count). The molecule has 1 fully saturated rings. The van der Waals surface area contributed by atoms with E-state index in [4.69, 9.17) is 6.57 Å². The van der Waals surface area contributed by atoms with Crippen molar-refractivity contribution in [2.24, 2.45) is 0 Å². The molecular formula is C23H17N3O2. The molecule has 2 aliphatic rings. The minimum Gasteiger partial charge on any atom is -0.331 e. The number of carbonyl (C=O) groups is 2. The topological polar surface area (TPSA) is 46.7 Å². The molecule has 0 atom stereocenters. The van der Waals surface area contributed by atoms with E-state index in [2.05, 4.69) is 23.0 Å². The summed E-state index contributed by atoms with van der Waals surface area (Å²) in [5.41, 5.74) is 5.24. The summed E-state index contributed by atoms with van der Waals surface area (Å²) in [7, 11) is 1.84. The lowest BCUT2D eigenvalue weighted by Gasteiger charge is -2.27. The highest BCUT2D eigenvalue weighted by Gasteiger charge is 2.53. The Morgan fingerprint density at radius 1 is 1.11 bits per heavy atom. The zero-order valence-corrected chi connectivity index (χ0v) is 15.3. The Hall–Kier alpha value is -3.65. The molecule has 1 saturated carbocycles. The summed E-state index contributed by atoms with van der Waals surface area (Å²) in [6, 6.07) is 15.4. The average Bonchev–Trinajstić information content (AvgIpc) is 3.44. The molecule has 0 bridgehead atoms. The summed E-state index contributed by atoms with van der Waals surface area (Å²) < 4.78 is 1.84. The van der Waals surface area contributed by atoms with Gasteiger partial charge in [-0.1, -0.05) is 30.3 Å². The van der Waals surface area contributed by atoms with Crippen LogP contribution in [-0.4, -0.2) is 28.7 Å². The second-order valence-corrected chi connectivity index (χ2v) is 7.44. The molecule has 0 N–H and O–H groups in total. The largest absolute Gasteiger partial charge is 0.331 e. The van der Waals surface area contributed by atoms with Crippen molar-refractivity contribution in [3.05, 3.63) is 83.0 Å². The molecule has 136 valence electrons. The summed E-state index contributed by atoms with van der Waals surface area (Å²) in [5, 5.41) is 0. The summed E-state index contributed by atoms with van der Waals surface area (Å²) in [4.78, 5) is 29.8. The predicted molar refractivity (Wildman–Crippen MR) is 106 cm³/mol. The van der Waals surface area contributed by atoms with Crippen LogP contribution in [0.15, 0.2) is 54.7 Å². The average molecular weight is 367 g/mol. The molecule has 1 aliphatic heterocycles. The molecule has 3 aromatic rings. The standard InChI is InChI=1S/C23H17N3O2/c1-24-18-5-3-4-16(11-18)17-6-7-19-20(12-17)26-13-15(14-27)10-21(26)22(28)25(2)23(19)8-9-23/h3-7,10-14H,8-9H2,2H3. The van der Waals surface area contributed by atoms with Gasteiger partial charge in [-0.3, -0.25) is 9.59 Å². The predicted octanol–water partition coefficient (Wildman–Crippen LogP) is 4.58. The molecule has 0 radical (unpaired) electrons. The van der Waals surface area contributed by atoms with Crippen molar-refractivity contribution in [1.29, 1.82) is 0 Å². The molecular weight excluding hydrogens is 350 g/mol. The second kappa shape index (κ2) is 5.67. The van der Waals surface area contributed by atoms with E-state index in [1.807, 2.05) is 34.7 Å². The van der Waals surface area contributed by atoms with Gasteiger partial charge in [0.25, 0.3) is 5.91 Å². The van der Waals surface area contributed by atoms with Gasteiger partial charge in [-0.15, -0.1) is 0 Å². The van der Waals surface area contributed by atoms with Gasteiger partial charge in [-0.05, 0) is 42.2 Å². The van der Waals surface area contributed by atoms with Crippen LogP contribution in [0.4, 0.5) is 5.69 Å². The Morgan fingerprint density at radius 3 is 2.61 bits per heavy atom. The maximum absolute atomic E-state index is 13.1. The number of rotatable bonds is 2. The lowest BCUT2D eigenvalue weighted by atomic mass is 9.96. The minimum atomic E-state index is -0.274. The molecule has 1 aromatic heterocycles. The quantitative estimate of drug-likeness (QED) is 0.492. The van der Waals surface area contributed by atoms with E-state index in [1.54, 1.807) is 18.3 Å². The van der Waals surface area contributed by atoms with Crippen LogP contribution in [0.3, 0.4) is 0 Å². The van der Waals surface area contributed by atoms with Crippen LogP contribution in [0.5, 0.6) is 0 Å². The van der Waals surface area contributed by atoms with Crippen molar-refractivity contribution in [3.8, 4) is 16.8 Å². The van der Waals surface area contributed by atoms with Gasteiger partial charge in [0.15, 0.2) is 12.0 Å². The summed E-state index contributed by atoms with van der Waals surface area (Å²) >= 11 is 0. The zero-order valence-electron chi connectivity index (χ0n) is 15.3. The molecule has 0 saturated heterocycles. The fraction of sp³-hybridized carbons (Fsp3) is 0.174. The third kappa shape index (κ3) is 2.18. The Balaban J connectivity index is 1.77. The Bertz CT molecular complexity index is 1190. The van der Waals surface area contributed by atoms with E-state index in [9.17, 15) is 9.59 Å². The van der Waals surface area contributed by atoms with Crippen LogP contribution in [0.2, 0.25) is 0 Å². The fourth-order valence-corrected chi connectivity index (χ4v) is 4.24. The van der Waals surface area contributed by atoms with Crippen molar-refractivity contribution in [2.45, 2.75) is 18.4 Å². The van der Waals surface area contributed by atoms with Crippen LogP contribution in [0, 0.1) is 6.57 Å². The normalized spacial score (nSPS) is 16.1. The lowest BCUT2D eigenvalue weighted by molar-refractivity contribution is 0.0705. The van der Waals surface area contributed by atoms with Crippen molar-refractivity contribution in [2.75, 3.05) is 7.05 Å². The van der Waals surface area contributed by atoms with E-state index in [0.717, 1.165) is 41.5 Å². The molecule has 5 nitrogen and oxygen atoms in total. The maximum Gasteiger partial charge on any atom is 0.271 e. The number of nitrogens with zero attached hydrogens (tertiary/aromatic N) is 3. The number of aromatic nitrogens is 1. The fourth-order valence-electron chi connectivity index (χ4n) is 4.24. The maximum atomic E-state index is 13.1. The van der Waals surface area contributed by atoms with Gasteiger partial charge in [-0.2, -0.15) is 0 Å². The molecule has 2 heterocycles. The van der Waals surface area contributed by atoms with Gasteiger partial charge >= 0.3 is 0 Å². The van der Waals surface area contributed by atoms with Gasteiger partial charge in [-0.25, -0.2) is 4.85 Å².